The van der Waals surface area contributed by atoms with Crippen LogP contribution in [0.2, 0.25) is 0 Å². The minimum Gasteiger partial charge on any atom is -0.379 e. The van der Waals surface area contributed by atoms with Gasteiger partial charge in [0.1, 0.15) is 0 Å². The number of rotatable bonds is 3. The van der Waals surface area contributed by atoms with Crippen molar-refractivity contribution in [3.8, 4) is 0 Å². The number of hydrogen-bond donors (Lipinski definition) is 0. The lowest BCUT2D eigenvalue weighted by molar-refractivity contribution is 0.0361. The molecule has 1 heterocycles. The molecule has 0 aliphatic carbocycles. The second-order valence-corrected chi connectivity index (χ2v) is 4.63. The van der Waals surface area contributed by atoms with Gasteiger partial charge in [0.05, 0.1) is 13.2 Å². The van der Waals surface area contributed by atoms with E-state index in [1.165, 1.54) is 0 Å². The van der Waals surface area contributed by atoms with Crippen molar-refractivity contribution in [1.29, 1.82) is 0 Å². The van der Waals surface area contributed by atoms with Gasteiger partial charge in [-0.1, -0.05) is 20.8 Å². The second-order valence-electron chi connectivity index (χ2n) is 4.63. The molecule has 0 saturated carbocycles. The minimum absolute atomic E-state index is 0.278. The molecule has 1 fully saturated rings. The summed E-state index contributed by atoms with van der Waals surface area (Å²) >= 11 is 0. The summed E-state index contributed by atoms with van der Waals surface area (Å²) in [5.41, 5.74) is -0.278. The summed E-state index contributed by atoms with van der Waals surface area (Å²) < 4.78 is 21.3. The number of nitrogens with zero attached hydrogens (tertiary/aromatic N) is 1. The van der Waals surface area contributed by atoms with Crippen LogP contribution < -0.4 is 0 Å². The Kier molecular flexibility index (Phi) is 3.15. The van der Waals surface area contributed by atoms with E-state index in [1.54, 1.807) is 0 Å². The Labute approximate surface area is 85.1 Å². The van der Waals surface area contributed by atoms with Crippen molar-refractivity contribution in [2.75, 3.05) is 32.8 Å². The maximum absolute atomic E-state index is 8.01. The van der Waals surface area contributed by atoms with Crippen molar-refractivity contribution < 1.29 is 7.48 Å². The number of morpholine rings is 1. The van der Waals surface area contributed by atoms with Crippen LogP contribution in [0.3, 0.4) is 0 Å². The molecule has 0 aromatic carbocycles. The number of hydrogen-bond acceptors (Lipinski definition) is 2. The fourth-order valence-electron chi connectivity index (χ4n) is 1.41. The van der Waals surface area contributed by atoms with E-state index in [9.17, 15) is 0 Å². The molecule has 2 nitrogen and oxygen atoms in total. The molecular weight excluding hydrogens is 162 g/mol. The summed E-state index contributed by atoms with van der Waals surface area (Å²) in [7, 11) is 0. The fourth-order valence-corrected chi connectivity index (χ4v) is 1.41. The van der Waals surface area contributed by atoms with Gasteiger partial charge in [0.2, 0.25) is 0 Å². The molecule has 0 amide bonds. The van der Waals surface area contributed by atoms with Gasteiger partial charge in [0.25, 0.3) is 0 Å². The van der Waals surface area contributed by atoms with E-state index < -0.39 is 6.37 Å². The normalized spacial score (nSPS) is 23.9. The molecule has 0 spiro atoms. The van der Waals surface area contributed by atoms with Crippen LogP contribution in [0.25, 0.3) is 0 Å². The zero-order valence-corrected chi connectivity index (χ0v) is 9.10. The zero-order valence-electron chi connectivity index (χ0n) is 11.1. The molecule has 0 atom stereocenters. The summed E-state index contributed by atoms with van der Waals surface area (Å²) in [6.07, 6.45) is -0.484. The third-order valence-corrected chi connectivity index (χ3v) is 2.19. The van der Waals surface area contributed by atoms with Crippen LogP contribution in [-0.2, 0) is 4.74 Å². The summed E-state index contributed by atoms with van der Waals surface area (Å²) in [6, 6.07) is 0. The van der Waals surface area contributed by atoms with Crippen LogP contribution in [0.1, 0.15) is 36.3 Å². The van der Waals surface area contributed by atoms with Gasteiger partial charge < -0.3 is 4.74 Å². The molecule has 2 heteroatoms. The summed E-state index contributed by atoms with van der Waals surface area (Å²) in [4.78, 5) is 2.28. The quantitative estimate of drug-likeness (QED) is 0.671. The van der Waals surface area contributed by atoms with Crippen molar-refractivity contribution in [3.05, 3.63) is 0 Å². The molecule has 13 heavy (non-hydrogen) atoms. The lowest BCUT2D eigenvalue weighted by Gasteiger charge is -2.27. The third kappa shape index (κ3) is 5.27. The first-order valence-electron chi connectivity index (χ1n) is 6.13. The molecule has 0 N–H and O–H groups in total. The maximum Gasteiger partial charge on any atom is 0.0594 e. The second kappa shape index (κ2) is 4.97. The Hall–Kier alpha value is -0.0800. The van der Waals surface area contributed by atoms with Crippen LogP contribution in [0.4, 0.5) is 0 Å². The van der Waals surface area contributed by atoms with Gasteiger partial charge in [-0.2, -0.15) is 0 Å². The predicted molar refractivity (Wildman–Crippen MR) is 55.9 cm³/mol. The van der Waals surface area contributed by atoms with Crippen molar-refractivity contribution in [2.45, 2.75) is 33.6 Å². The van der Waals surface area contributed by atoms with Gasteiger partial charge in [0, 0.05) is 15.8 Å². The van der Waals surface area contributed by atoms with E-state index in [0.29, 0.717) is 6.42 Å². The van der Waals surface area contributed by atoms with E-state index in [1.807, 2.05) is 20.8 Å². The Morgan fingerprint density at radius 3 is 2.46 bits per heavy atom. The van der Waals surface area contributed by atoms with Crippen molar-refractivity contribution >= 4 is 0 Å². The Morgan fingerprint density at radius 2 is 1.92 bits per heavy atom. The third-order valence-electron chi connectivity index (χ3n) is 2.19. The predicted octanol–water partition coefficient (Wildman–Crippen LogP) is 2.14. The molecule has 0 unspecified atom stereocenters. The van der Waals surface area contributed by atoms with Gasteiger partial charge in [0.15, 0.2) is 0 Å². The average molecular weight is 187 g/mol. The highest BCUT2D eigenvalue weighted by atomic mass is 16.5. The lowest BCUT2D eigenvalue weighted by atomic mass is 9.90. The van der Waals surface area contributed by atoms with Gasteiger partial charge in [-0.05, 0) is 24.8 Å². The largest absolute Gasteiger partial charge is 0.379 e. The van der Waals surface area contributed by atoms with Crippen molar-refractivity contribution in [1.82, 2.24) is 4.90 Å². The van der Waals surface area contributed by atoms with E-state index in [0.717, 1.165) is 32.8 Å². The Balaban J connectivity index is 2.35. The molecule has 1 aliphatic heterocycles. The van der Waals surface area contributed by atoms with E-state index in [-0.39, 0.29) is 5.41 Å². The van der Waals surface area contributed by atoms with Gasteiger partial charge >= 0.3 is 0 Å². The zero-order chi connectivity index (χ0) is 11.5. The monoisotopic (exact) mass is 187 g/mol. The van der Waals surface area contributed by atoms with Gasteiger partial charge in [-0.25, -0.2) is 0 Å². The van der Waals surface area contributed by atoms with Crippen LogP contribution in [0.15, 0.2) is 0 Å². The molecular formula is C11H23NO. The van der Waals surface area contributed by atoms with E-state index >= 15 is 0 Å². The smallest absolute Gasteiger partial charge is 0.0594 e. The highest BCUT2D eigenvalue weighted by molar-refractivity contribution is 4.66. The first-order valence-corrected chi connectivity index (χ1v) is 5.13. The Morgan fingerprint density at radius 1 is 1.31 bits per heavy atom. The first kappa shape index (κ1) is 8.25. The number of ether oxygens (including phenoxy) is 1. The molecule has 78 valence electrons. The van der Waals surface area contributed by atoms with Crippen LogP contribution >= 0.6 is 0 Å². The SMILES string of the molecule is [2H]C([2H])(CCN1CCOCC1)C(C)(C)C. The van der Waals surface area contributed by atoms with E-state index in [2.05, 4.69) is 4.90 Å². The van der Waals surface area contributed by atoms with Crippen LogP contribution in [-0.4, -0.2) is 37.7 Å². The van der Waals surface area contributed by atoms with Gasteiger partial charge in [-0.3, -0.25) is 4.90 Å². The molecule has 1 aliphatic rings. The Bertz CT molecular complexity index is 195. The highest BCUT2D eigenvalue weighted by Crippen LogP contribution is 2.20. The first-order chi connectivity index (χ1) is 6.83. The highest BCUT2D eigenvalue weighted by Gasteiger charge is 2.13. The molecule has 0 radical (unpaired) electrons. The molecule has 0 bridgehead atoms. The maximum atomic E-state index is 8.01. The topological polar surface area (TPSA) is 12.5 Å². The van der Waals surface area contributed by atoms with E-state index in [4.69, 9.17) is 7.48 Å². The summed E-state index contributed by atoms with van der Waals surface area (Å²) in [5.74, 6) is 0. The minimum atomic E-state index is -1.09. The van der Waals surface area contributed by atoms with Crippen molar-refractivity contribution in [2.24, 2.45) is 5.41 Å². The standard InChI is InChI=1S/C11H23NO/c1-11(2,3)5-4-6-12-7-9-13-10-8-12/h4-10H2,1-3H3/i5D2. The average Bonchev–Trinajstić information content (AvgIpc) is 2.15. The molecule has 0 aromatic heterocycles. The van der Waals surface area contributed by atoms with Crippen LogP contribution in [0.5, 0.6) is 0 Å². The van der Waals surface area contributed by atoms with Crippen molar-refractivity contribution in [3.63, 3.8) is 0 Å². The summed E-state index contributed by atoms with van der Waals surface area (Å²) in [5, 5.41) is 0. The lowest BCUT2D eigenvalue weighted by Crippen LogP contribution is -2.37. The van der Waals surface area contributed by atoms with Crippen LogP contribution in [0, 0.1) is 5.41 Å². The molecule has 1 saturated heterocycles. The summed E-state index contributed by atoms with van der Waals surface area (Å²) in [6.45, 7) is 10.2. The van der Waals surface area contributed by atoms with Gasteiger partial charge in [-0.15, -0.1) is 0 Å². The fraction of sp³-hybridized carbons (Fsp3) is 1.00. The molecule has 0 aromatic rings. The molecule has 1 rings (SSSR count).